The Hall–Kier alpha value is -2.18. The van der Waals surface area contributed by atoms with Crippen molar-refractivity contribution in [3.05, 3.63) is 46.3 Å². The van der Waals surface area contributed by atoms with E-state index in [9.17, 15) is 9.59 Å². The molecule has 2 aromatic rings. The standard InChI is InChI=1S/C19H24N2O4/c1-3-19(2,21-8-10-24-11-9-21)13-20-18(23)17-12-15(22)14-6-4-5-7-16(14)25-17/h4-7,12H,3,8-11,13H2,1-2H3,(H,20,23)/t19-/m0/s1. The van der Waals surface area contributed by atoms with Crippen LogP contribution in [0.1, 0.15) is 30.8 Å². The molecule has 0 aliphatic carbocycles. The minimum absolute atomic E-state index is 0.0455. The molecule has 1 saturated heterocycles. The second-order valence-corrected chi connectivity index (χ2v) is 6.60. The van der Waals surface area contributed by atoms with E-state index in [2.05, 4.69) is 24.1 Å². The largest absolute Gasteiger partial charge is 0.451 e. The molecule has 2 heterocycles. The van der Waals surface area contributed by atoms with Crippen LogP contribution in [0, 0.1) is 0 Å². The minimum Gasteiger partial charge on any atom is -0.451 e. The van der Waals surface area contributed by atoms with Gasteiger partial charge in [0.05, 0.1) is 18.6 Å². The average Bonchev–Trinajstić information content (AvgIpc) is 2.66. The number of ether oxygens (including phenoxy) is 1. The molecule has 0 spiro atoms. The summed E-state index contributed by atoms with van der Waals surface area (Å²) < 4.78 is 11.0. The summed E-state index contributed by atoms with van der Waals surface area (Å²) in [7, 11) is 0. The molecule has 1 aliphatic rings. The number of nitrogens with one attached hydrogen (secondary N) is 1. The first-order valence-electron chi connectivity index (χ1n) is 8.67. The number of carbonyl (C=O) groups is 1. The average molecular weight is 344 g/mol. The Bertz CT molecular complexity index is 810. The Morgan fingerprint density at radius 2 is 2.00 bits per heavy atom. The van der Waals surface area contributed by atoms with Crippen molar-refractivity contribution >= 4 is 16.9 Å². The normalized spacial score (nSPS) is 18.0. The number of carbonyl (C=O) groups excluding carboxylic acids is 1. The fourth-order valence-corrected chi connectivity index (χ4v) is 3.14. The van der Waals surface area contributed by atoms with E-state index in [1.807, 2.05) is 0 Å². The van der Waals surface area contributed by atoms with Crippen LogP contribution in [-0.4, -0.2) is 49.2 Å². The van der Waals surface area contributed by atoms with Crippen molar-refractivity contribution in [2.24, 2.45) is 0 Å². The van der Waals surface area contributed by atoms with E-state index < -0.39 is 0 Å². The van der Waals surface area contributed by atoms with Crippen molar-refractivity contribution in [1.29, 1.82) is 0 Å². The highest BCUT2D eigenvalue weighted by molar-refractivity contribution is 5.93. The molecule has 25 heavy (non-hydrogen) atoms. The van der Waals surface area contributed by atoms with Gasteiger partial charge < -0.3 is 14.5 Å². The summed E-state index contributed by atoms with van der Waals surface area (Å²) in [6.45, 7) is 7.86. The molecular formula is C19H24N2O4. The fourth-order valence-electron chi connectivity index (χ4n) is 3.14. The van der Waals surface area contributed by atoms with E-state index in [1.54, 1.807) is 24.3 Å². The van der Waals surface area contributed by atoms with E-state index >= 15 is 0 Å². The molecule has 1 amide bonds. The van der Waals surface area contributed by atoms with Crippen LogP contribution < -0.4 is 10.7 Å². The van der Waals surface area contributed by atoms with Crippen molar-refractivity contribution in [2.75, 3.05) is 32.8 Å². The maximum atomic E-state index is 12.5. The lowest BCUT2D eigenvalue weighted by molar-refractivity contribution is -0.0170. The number of morpholine rings is 1. The van der Waals surface area contributed by atoms with E-state index in [0.717, 1.165) is 19.5 Å². The Kier molecular flexibility index (Phi) is 5.20. The van der Waals surface area contributed by atoms with Gasteiger partial charge in [0, 0.05) is 31.2 Å². The van der Waals surface area contributed by atoms with E-state index in [4.69, 9.17) is 9.15 Å². The minimum atomic E-state index is -0.365. The zero-order valence-electron chi connectivity index (χ0n) is 14.7. The molecule has 6 nitrogen and oxygen atoms in total. The molecule has 1 aliphatic heterocycles. The van der Waals surface area contributed by atoms with Crippen LogP contribution in [0.3, 0.4) is 0 Å². The number of amides is 1. The highest BCUT2D eigenvalue weighted by atomic mass is 16.5. The van der Waals surface area contributed by atoms with Gasteiger partial charge in [-0.2, -0.15) is 0 Å². The van der Waals surface area contributed by atoms with E-state index in [0.29, 0.717) is 30.7 Å². The molecule has 1 aromatic carbocycles. The van der Waals surface area contributed by atoms with Crippen LogP contribution in [0.25, 0.3) is 11.0 Å². The molecule has 1 N–H and O–H groups in total. The molecule has 0 bridgehead atoms. The highest BCUT2D eigenvalue weighted by Crippen LogP contribution is 2.20. The van der Waals surface area contributed by atoms with Gasteiger partial charge in [-0.25, -0.2) is 0 Å². The first-order chi connectivity index (χ1) is 12.0. The molecule has 1 aromatic heterocycles. The maximum Gasteiger partial charge on any atom is 0.287 e. The number of para-hydroxylation sites is 1. The summed E-state index contributed by atoms with van der Waals surface area (Å²) in [4.78, 5) is 27.0. The lowest BCUT2D eigenvalue weighted by Gasteiger charge is -2.43. The smallest absolute Gasteiger partial charge is 0.287 e. The number of rotatable bonds is 5. The molecular weight excluding hydrogens is 320 g/mol. The Balaban J connectivity index is 1.74. The summed E-state index contributed by atoms with van der Waals surface area (Å²) in [5.74, 6) is -0.320. The van der Waals surface area contributed by atoms with Gasteiger partial charge in [-0.1, -0.05) is 19.1 Å². The third-order valence-corrected chi connectivity index (χ3v) is 5.02. The second kappa shape index (κ2) is 7.37. The zero-order valence-corrected chi connectivity index (χ0v) is 14.7. The Morgan fingerprint density at radius 1 is 1.28 bits per heavy atom. The van der Waals surface area contributed by atoms with Gasteiger partial charge >= 0.3 is 0 Å². The van der Waals surface area contributed by atoms with Gasteiger partial charge in [0.2, 0.25) is 0 Å². The van der Waals surface area contributed by atoms with Gasteiger partial charge in [-0.15, -0.1) is 0 Å². The number of nitrogens with zero attached hydrogens (tertiary/aromatic N) is 1. The van der Waals surface area contributed by atoms with Crippen molar-refractivity contribution in [1.82, 2.24) is 10.2 Å². The zero-order chi connectivity index (χ0) is 17.9. The summed E-state index contributed by atoms with van der Waals surface area (Å²) >= 11 is 0. The van der Waals surface area contributed by atoms with Gasteiger partial charge in [0.15, 0.2) is 11.2 Å². The molecule has 0 radical (unpaired) electrons. The van der Waals surface area contributed by atoms with Crippen LogP contribution in [0.2, 0.25) is 0 Å². The molecule has 0 saturated carbocycles. The Morgan fingerprint density at radius 3 is 2.72 bits per heavy atom. The summed E-state index contributed by atoms with van der Waals surface area (Å²) in [6.07, 6.45) is 0.898. The van der Waals surface area contributed by atoms with Gasteiger partial charge in [0.1, 0.15) is 5.58 Å². The molecule has 1 fully saturated rings. The highest BCUT2D eigenvalue weighted by Gasteiger charge is 2.32. The van der Waals surface area contributed by atoms with Crippen molar-refractivity contribution in [3.63, 3.8) is 0 Å². The summed E-state index contributed by atoms with van der Waals surface area (Å²) in [5, 5.41) is 3.40. The SMILES string of the molecule is CC[C@@](C)(CNC(=O)c1cc(=O)c2ccccc2o1)N1CCOCC1. The quantitative estimate of drug-likeness (QED) is 0.898. The summed E-state index contributed by atoms with van der Waals surface area (Å²) in [5.41, 5.74) is 0.0568. The molecule has 6 heteroatoms. The van der Waals surface area contributed by atoms with E-state index in [1.165, 1.54) is 6.07 Å². The van der Waals surface area contributed by atoms with Crippen LogP contribution >= 0.6 is 0 Å². The first-order valence-corrected chi connectivity index (χ1v) is 8.67. The predicted molar refractivity (Wildman–Crippen MR) is 95.9 cm³/mol. The van der Waals surface area contributed by atoms with Crippen LogP contribution in [-0.2, 0) is 4.74 Å². The van der Waals surface area contributed by atoms with Gasteiger partial charge in [0.25, 0.3) is 5.91 Å². The van der Waals surface area contributed by atoms with Crippen LogP contribution in [0.4, 0.5) is 0 Å². The molecule has 134 valence electrons. The lowest BCUT2D eigenvalue weighted by Crippen LogP contribution is -2.56. The van der Waals surface area contributed by atoms with Crippen LogP contribution in [0.15, 0.2) is 39.5 Å². The topological polar surface area (TPSA) is 71.8 Å². The van der Waals surface area contributed by atoms with Crippen molar-refractivity contribution in [2.45, 2.75) is 25.8 Å². The third kappa shape index (κ3) is 3.75. The second-order valence-electron chi connectivity index (χ2n) is 6.60. The number of benzene rings is 1. The number of hydrogen-bond donors (Lipinski definition) is 1. The van der Waals surface area contributed by atoms with Crippen LogP contribution in [0.5, 0.6) is 0 Å². The van der Waals surface area contributed by atoms with Gasteiger partial charge in [-0.3, -0.25) is 14.5 Å². The summed E-state index contributed by atoms with van der Waals surface area (Å²) in [6, 6.07) is 8.19. The number of fused-ring (bicyclic) bond motifs is 1. The van der Waals surface area contributed by atoms with Crippen molar-refractivity contribution < 1.29 is 13.9 Å². The monoisotopic (exact) mass is 344 g/mol. The predicted octanol–water partition coefficient (Wildman–Crippen LogP) is 2.02. The fraction of sp³-hybridized carbons (Fsp3) is 0.474. The molecule has 0 unspecified atom stereocenters. The number of hydrogen-bond acceptors (Lipinski definition) is 5. The van der Waals surface area contributed by atoms with E-state index in [-0.39, 0.29) is 22.6 Å². The van der Waals surface area contributed by atoms with Crippen molar-refractivity contribution in [3.8, 4) is 0 Å². The Labute approximate surface area is 146 Å². The first kappa shape index (κ1) is 17.6. The lowest BCUT2D eigenvalue weighted by atomic mass is 9.95. The maximum absolute atomic E-state index is 12.5. The molecule has 1 atom stereocenters. The molecule has 3 rings (SSSR count). The van der Waals surface area contributed by atoms with Gasteiger partial charge in [-0.05, 0) is 25.5 Å². The third-order valence-electron chi connectivity index (χ3n) is 5.02.